The van der Waals surface area contributed by atoms with Crippen molar-refractivity contribution < 1.29 is 28.8 Å². The monoisotopic (exact) mass is 482 g/mol. The van der Waals surface area contributed by atoms with Gasteiger partial charge in [0.2, 0.25) is 5.91 Å². The van der Waals surface area contributed by atoms with Crippen molar-refractivity contribution >= 4 is 29.7 Å². The number of carbonyl (C=O) groups is 4. The summed E-state index contributed by atoms with van der Waals surface area (Å²) in [5.41, 5.74) is 7.12. The second-order valence-corrected chi connectivity index (χ2v) is 7.59. The van der Waals surface area contributed by atoms with E-state index in [-0.39, 0.29) is 32.0 Å². The lowest BCUT2D eigenvalue weighted by atomic mass is 10.2. The van der Waals surface area contributed by atoms with Crippen molar-refractivity contribution in [1.29, 1.82) is 0 Å². The summed E-state index contributed by atoms with van der Waals surface area (Å²) >= 11 is 0. The van der Waals surface area contributed by atoms with Gasteiger partial charge in [0.1, 0.15) is 12.6 Å². The predicted octanol–water partition coefficient (Wildman–Crippen LogP) is 2.19. The molecule has 184 valence electrons. The van der Waals surface area contributed by atoms with E-state index in [0.717, 1.165) is 11.1 Å². The van der Waals surface area contributed by atoms with Gasteiger partial charge >= 0.3 is 18.1 Å². The van der Waals surface area contributed by atoms with Crippen molar-refractivity contribution in [2.45, 2.75) is 32.0 Å². The van der Waals surface area contributed by atoms with Crippen LogP contribution in [-0.4, -0.2) is 43.1 Å². The van der Waals surface area contributed by atoms with Gasteiger partial charge in [0.15, 0.2) is 0 Å². The number of urea groups is 1. The number of nitrogens with zero attached hydrogens (tertiary/aromatic N) is 3. The number of nitrogens with one attached hydrogen (secondary N) is 2. The summed E-state index contributed by atoms with van der Waals surface area (Å²) < 4.78 is 5.16. The zero-order valence-corrected chi connectivity index (χ0v) is 18.9. The molecule has 12 heteroatoms. The van der Waals surface area contributed by atoms with E-state index in [4.69, 9.17) is 10.5 Å². The van der Waals surface area contributed by atoms with E-state index in [2.05, 4.69) is 25.9 Å². The van der Waals surface area contributed by atoms with Gasteiger partial charge in [-0.05, 0) is 29.7 Å². The number of hydrogen-bond donors (Lipinski definition) is 3. The van der Waals surface area contributed by atoms with Crippen molar-refractivity contribution in [3.8, 4) is 0 Å². The van der Waals surface area contributed by atoms with E-state index in [0.29, 0.717) is 18.7 Å². The summed E-state index contributed by atoms with van der Waals surface area (Å²) in [5.74, 6) is -0.660. The number of hydrogen-bond acceptors (Lipinski definition) is 8. The fourth-order valence-corrected chi connectivity index (χ4v) is 3.33. The molecule has 1 atom stereocenters. The molecule has 0 saturated carbocycles. The summed E-state index contributed by atoms with van der Waals surface area (Å²) in [6, 6.07) is 15.1. The summed E-state index contributed by atoms with van der Waals surface area (Å²) in [6.07, 6.45) is -0.577. The smallest absolute Gasteiger partial charge is 0.432 e. The standard InChI is InChI=1S/C23H26N6O6/c24-22(32)35-28-26-14-16-6-8-18(9-7-16)29-13-11-19(21(29)31)27-23(33)25-12-10-20(30)34-15-17-4-2-1-3-5-17/h1-9,19H,10-15H2,(H2,24,32)(H2,25,27,33)/t19-/m0/s1. The zero-order chi connectivity index (χ0) is 25.0. The number of primary amides is 1. The Bertz CT molecular complexity index is 1060. The number of benzene rings is 2. The molecule has 2 aromatic carbocycles. The van der Waals surface area contributed by atoms with Crippen LogP contribution in [0, 0.1) is 0 Å². The van der Waals surface area contributed by atoms with Gasteiger partial charge in [-0.25, -0.2) is 9.59 Å². The summed E-state index contributed by atoms with van der Waals surface area (Å²) in [7, 11) is 0. The van der Waals surface area contributed by atoms with E-state index in [9.17, 15) is 19.2 Å². The Morgan fingerprint density at radius 3 is 2.51 bits per heavy atom. The van der Waals surface area contributed by atoms with Crippen LogP contribution >= 0.6 is 0 Å². The third-order valence-electron chi connectivity index (χ3n) is 5.06. The van der Waals surface area contributed by atoms with Crippen LogP contribution in [0.1, 0.15) is 24.0 Å². The molecule has 0 unspecified atom stereocenters. The minimum atomic E-state index is -1.05. The van der Waals surface area contributed by atoms with Gasteiger partial charge in [0, 0.05) is 24.1 Å². The first-order valence-electron chi connectivity index (χ1n) is 10.9. The maximum absolute atomic E-state index is 12.7. The molecule has 12 nitrogen and oxygen atoms in total. The Kier molecular flexibility index (Phi) is 9.11. The quantitative estimate of drug-likeness (QED) is 0.267. The molecule has 1 aliphatic rings. The molecule has 2 aromatic rings. The molecule has 0 aliphatic carbocycles. The highest BCUT2D eigenvalue weighted by Gasteiger charge is 2.33. The highest BCUT2D eigenvalue weighted by Crippen LogP contribution is 2.22. The molecule has 1 aliphatic heterocycles. The molecular weight excluding hydrogens is 456 g/mol. The average Bonchev–Trinajstić information content (AvgIpc) is 3.21. The first-order chi connectivity index (χ1) is 16.9. The Morgan fingerprint density at radius 2 is 1.80 bits per heavy atom. The van der Waals surface area contributed by atoms with E-state index in [1.54, 1.807) is 29.2 Å². The number of amides is 4. The summed E-state index contributed by atoms with van der Waals surface area (Å²) in [4.78, 5) is 52.9. The van der Waals surface area contributed by atoms with E-state index in [1.165, 1.54) is 0 Å². The number of carbonyl (C=O) groups excluding carboxylic acids is 4. The van der Waals surface area contributed by atoms with Crippen molar-refractivity contribution in [3.63, 3.8) is 0 Å². The van der Waals surface area contributed by atoms with E-state index < -0.39 is 24.1 Å². The maximum Gasteiger partial charge on any atom is 0.432 e. The van der Waals surface area contributed by atoms with E-state index in [1.807, 2.05) is 30.3 Å². The van der Waals surface area contributed by atoms with Crippen LogP contribution in [-0.2, 0) is 32.3 Å². The Labute approximate surface area is 201 Å². The summed E-state index contributed by atoms with van der Waals surface area (Å²) in [6.45, 7) is 0.882. The normalized spacial score (nSPS) is 15.1. The lowest BCUT2D eigenvalue weighted by Crippen LogP contribution is -2.46. The van der Waals surface area contributed by atoms with E-state index >= 15 is 0 Å². The lowest BCUT2D eigenvalue weighted by Gasteiger charge is -2.17. The average molecular weight is 482 g/mol. The van der Waals surface area contributed by atoms with Crippen LogP contribution in [0.5, 0.6) is 0 Å². The molecule has 35 heavy (non-hydrogen) atoms. The van der Waals surface area contributed by atoms with Gasteiger partial charge in [0.05, 0.1) is 13.0 Å². The lowest BCUT2D eigenvalue weighted by molar-refractivity contribution is -0.144. The molecule has 0 radical (unpaired) electrons. The number of ether oxygens (including phenoxy) is 1. The molecule has 0 spiro atoms. The Balaban J connectivity index is 1.37. The van der Waals surface area contributed by atoms with Crippen molar-refractivity contribution in [3.05, 3.63) is 65.7 Å². The fourth-order valence-electron chi connectivity index (χ4n) is 3.33. The van der Waals surface area contributed by atoms with Gasteiger partial charge in [-0.15, -0.1) is 5.11 Å². The summed E-state index contributed by atoms with van der Waals surface area (Å²) in [5, 5.41) is 12.1. The topological polar surface area (TPSA) is 165 Å². The largest absolute Gasteiger partial charge is 0.461 e. The number of nitrogens with two attached hydrogens (primary N) is 1. The Hall–Kier alpha value is -4.48. The van der Waals surface area contributed by atoms with Gasteiger partial charge in [-0.1, -0.05) is 42.5 Å². The number of rotatable bonds is 10. The molecule has 3 rings (SSSR count). The van der Waals surface area contributed by atoms with Crippen LogP contribution in [0.4, 0.5) is 15.3 Å². The van der Waals surface area contributed by atoms with Crippen molar-refractivity contribution in [2.75, 3.05) is 18.0 Å². The third-order valence-corrected chi connectivity index (χ3v) is 5.06. The molecule has 1 fully saturated rings. The second-order valence-electron chi connectivity index (χ2n) is 7.59. The Morgan fingerprint density at radius 1 is 1.06 bits per heavy atom. The molecule has 4 amide bonds. The maximum atomic E-state index is 12.7. The van der Waals surface area contributed by atoms with Crippen LogP contribution in [0.3, 0.4) is 0 Å². The molecule has 0 bridgehead atoms. The van der Waals surface area contributed by atoms with Gasteiger partial charge in [-0.2, -0.15) is 0 Å². The first-order valence-corrected chi connectivity index (χ1v) is 10.9. The first kappa shape index (κ1) is 25.1. The highest BCUT2D eigenvalue weighted by molar-refractivity contribution is 6.01. The number of esters is 1. The predicted molar refractivity (Wildman–Crippen MR) is 124 cm³/mol. The van der Waals surface area contributed by atoms with Crippen molar-refractivity contribution in [1.82, 2.24) is 10.6 Å². The highest BCUT2D eigenvalue weighted by atomic mass is 16.7. The fraction of sp³-hybridized carbons (Fsp3) is 0.304. The third kappa shape index (κ3) is 8.11. The van der Waals surface area contributed by atoms with Gasteiger partial charge in [0.25, 0.3) is 0 Å². The molecule has 4 N–H and O–H groups in total. The second kappa shape index (κ2) is 12.7. The van der Waals surface area contributed by atoms with Crippen molar-refractivity contribution in [2.24, 2.45) is 16.1 Å². The minimum absolute atomic E-state index is 0.0194. The van der Waals surface area contributed by atoms with Gasteiger partial charge in [-0.3, -0.25) is 14.4 Å². The molecule has 0 aromatic heterocycles. The molecular formula is C23H26N6O6. The van der Waals surface area contributed by atoms with Crippen LogP contribution in [0.15, 0.2) is 65.0 Å². The SMILES string of the molecule is NC(=O)ON=NCc1ccc(N2CC[C@H](NC(=O)NCCC(=O)OCc3ccccc3)C2=O)cc1. The zero-order valence-electron chi connectivity index (χ0n) is 18.9. The molecule has 1 heterocycles. The van der Waals surface area contributed by atoms with Crippen LogP contribution in [0.2, 0.25) is 0 Å². The minimum Gasteiger partial charge on any atom is -0.461 e. The van der Waals surface area contributed by atoms with Crippen LogP contribution < -0.4 is 21.3 Å². The van der Waals surface area contributed by atoms with Gasteiger partial charge < -0.3 is 26.0 Å². The van der Waals surface area contributed by atoms with Crippen LogP contribution in [0.25, 0.3) is 0 Å². The molecule has 1 saturated heterocycles. The number of anilines is 1.